The molecule has 2 aliphatic rings. The number of hydrogen-bond acceptors (Lipinski definition) is 4. The Balaban J connectivity index is 1.61. The van der Waals surface area contributed by atoms with Crippen LogP contribution in [-0.2, 0) is 14.4 Å². The number of benzene rings is 3. The maximum atomic E-state index is 13.6. The Morgan fingerprint density at radius 3 is 2.10 bits per heavy atom. The predicted octanol–water partition coefficient (Wildman–Crippen LogP) is 5.18. The van der Waals surface area contributed by atoms with Crippen LogP contribution in [0.15, 0.2) is 72.8 Å². The molecular weight excluding hydrogens is 442 g/mol. The maximum absolute atomic E-state index is 13.6. The van der Waals surface area contributed by atoms with E-state index in [1.807, 2.05) is 30.3 Å². The van der Waals surface area contributed by atoms with Crippen LogP contribution in [0.4, 0.5) is 15.8 Å². The first-order valence-corrected chi connectivity index (χ1v) is 10.3. The minimum Gasteiger partial charge on any atom is -0.273 e. The Morgan fingerprint density at radius 1 is 0.806 bits per heavy atom. The molecule has 2 amide bonds. The van der Waals surface area contributed by atoms with Crippen molar-refractivity contribution in [2.75, 3.05) is 9.96 Å². The molecule has 31 heavy (non-hydrogen) atoms. The van der Waals surface area contributed by atoms with Crippen LogP contribution in [0.25, 0.3) is 0 Å². The van der Waals surface area contributed by atoms with E-state index in [1.165, 1.54) is 12.1 Å². The van der Waals surface area contributed by atoms with E-state index in [2.05, 4.69) is 0 Å². The molecule has 0 aliphatic carbocycles. The lowest BCUT2D eigenvalue weighted by Gasteiger charge is -2.29. The van der Waals surface area contributed by atoms with Crippen molar-refractivity contribution < 1.29 is 18.8 Å². The second kappa shape index (κ2) is 7.64. The molecule has 2 heterocycles. The van der Waals surface area contributed by atoms with Gasteiger partial charge in [0.25, 0.3) is 5.91 Å². The van der Waals surface area contributed by atoms with Gasteiger partial charge in [0, 0.05) is 0 Å². The first-order chi connectivity index (χ1) is 15.0. The monoisotopic (exact) mass is 456 g/mol. The third-order valence-electron chi connectivity index (χ3n) is 5.50. The van der Waals surface area contributed by atoms with Gasteiger partial charge in [0.2, 0.25) is 5.91 Å². The van der Waals surface area contributed by atoms with Crippen LogP contribution in [0, 0.1) is 11.7 Å². The molecule has 5 rings (SSSR count). The Labute approximate surface area is 187 Å². The summed E-state index contributed by atoms with van der Waals surface area (Å²) in [6, 6.07) is 19.1. The van der Waals surface area contributed by atoms with Gasteiger partial charge in [-0.3, -0.25) is 14.4 Å². The third kappa shape index (κ3) is 3.19. The minimum absolute atomic E-state index is 0.142. The molecule has 2 aliphatic heterocycles. The normalized spacial score (nSPS) is 22.9. The van der Waals surface area contributed by atoms with Crippen molar-refractivity contribution in [3.8, 4) is 0 Å². The molecule has 5 nitrogen and oxygen atoms in total. The topological polar surface area (TPSA) is 49.9 Å². The van der Waals surface area contributed by atoms with Gasteiger partial charge in [-0.05, 0) is 42.0 Å². The SMILES string of the molecule is O=C1[C@@H]2[C@@H](c3ccc(F)cc3)N(c3ccccc3)O[C@H]2C(=O)N1c1c(Cl)cccc1Cl. The standard InChI is InChI=1S/C23H15Cl2FN2O3/c24-16-7-4-8-17(25)20(16)27-22(29)18-19(13-9-11-14(26)12-10-13)28(31-21(18)23(27)30)15-5-2-1-3-6-15/h1-12,18-19,21H/t18-,19-,21-/m1/s1. The quantitative estimate of drug-likeness (QED) is 0.509. The number of amides is 2. The maximum Gasteiger partial charge on any atom is 0.266 e. The van der Waals surface area contributed by atoms with Gasteiger partial charge in [0.05, 0.1) is 27.5 Å². The fraction of sp³-hybridized carbons (Fsp3) is 0.130. The summed E-state index contributed by atoms with van der Waals surface area (Å²) in [5.74, 6) is -2.28. The molecule has 8 heteroatoms. The number of para-hydroxylation sites is 2. The number of anilines is 2. The lowest BCUT2D eigenvalue weighted by atomic mass is 9.90. The Hall–Kier alpha value is -2.93. The number of imide groups is 1. The summed E-state index contributed by atoms with van der Waals surface area (Å²) in [7, 11) is 0. The van der Waals surface area contributed by atoms with Crippen LogP contribution in [0.1, 0.15) is 11.6 Å². The molecule has 3 aromatic carbocycles. The lowest BCUT2D eigenvalue weighted by molar-refractivity contribution is -0.126. The molecule has 0 radical (unpaired) electrons. The van der Waals surface area contributed by atoms with E-state index in [0.717, 1.165) is 4.90 Å². The second-order valence-electron chi connectivity index (χ2n) is 7.29. The van der Waals surface area contributed by atoms with Gasteiger partial charge < -0.3 is 0 Å². The van der Waals surface area contributed by atoms with E-state index in [0.29, 0.717) is 11.3 Å². The van der Waals surface area contributed by atoms with E-state index >= 15 is 0 Å². The van der Waals surface area contributed by atoms with Crippen molar-refractivity contribution in [1.29, 1.82) is 0 Å². The molecule has 3 aromatic rings. The lowest BCUT2D eigenvalue weighted by Crippen LogP contribution is -2.37. The summed E-state index contributed by atoms with van der Waals surface area (Å²) in [6.45, 7) is 0. The Morgan fingerprint density at radius 2 is 1.45 bits per heavy atom. The Kier molecular flexibility index (Phi) is 4.93. The van der Waals surface area contributed by atoms with Crippen molar-refractivity contribution in [1.82, 2.24) is 0 Å². The fourth-order valence-corrected chi connectivity index (χ4v) is 4.70. The first-order valence-electron chi connectivity index (χ1n) is 9.55. The van der Waals surface area contributed by atoms with E-state index in [4.69, 9.17) is 28.0 Å². The molecule has 2 fully saturated rings. The molecule has 3 atom stereocenters. The van der Waals surface area contributed by atoms with Gasteiger partial charge >= 0.3 is 0 Å². The molecule has 0 bridgehead atoms. The number of hydroxylamine groups is 1. The average molecular weight is 457 g/mol. The summed E-state index contributed by atoms with van der Waals surface area (Å²) in [4.78, 5) is 33.8. The summed E-state index contributed by atoms with van der Waals surface area (Å²) >= 11 is 12.5. The summed E-state index contributed by atoms with van der Waals surface area (Å²) in [6.07, 6.45) is -1.06. The first kappa shape index (κ1) is 20.0. The van der Waals surface area contributed by atoms with E-state index < -0.39 is 35.7 Å². The van der Waals surface area contributed by atoms with Crippen molar-refractivity contribution in [3.63, 3.8) is 0 Å². The van der Waals surface area contributed by atoms with Crippen LogP contribution < -0.4 is 9.96 Å². The molecule has 0 spiro atoms. The fourth-order valence-electron chi connectivity index (χ4n) is 4.14. The molecule has 0 N–H and O–H groups in total. The number of hydrogen-bond donors (Lipinski definition) is 0. The van der Waals surface area contributed by atoms with Gasteiger partial charge in [0.15, 0.2) is 6.10 Å². The van der Waals surface area contributed by atoms with Gasteiger partial charge in [-0.1, -0.05) is 59.6 Å². The van der Waals surface area contributed by atoms with Crippen LogP contribution in [0.2, 0.25) is 10.0 Å². The number of nitrogens with zero attached hydrogens (tertiary/aromatic N) is 2. The van der Waals surface area contributed by atoms with E-state index in [9.17, 15) is 14.0 Å². The van der Waals surface area contributed by atoms with E-state index in [-0.39, 0.29) is 15.7 Å². The molecule has 2 saturated heterocycles. The predicted molar refractivity (Wildman–Crippen MR) is 115 cm³/mol. The highest BCUT2D eigenvalue weighted by Gasteiger charge is 2.60. The molecule has 0 aromatic heterocycles. The van der Waals surface area contributed by atoms with Crippen LogP contribution >= 0.6 is 23.2 Å². The van der Waals surface area contributed by atoms with Crippen molar-refractivity contribution >= 4 is 46.4 Å². The number of halogens is 3. The Bertz CT molecular complexity index is 1150. The van der Waals surface area contributed by atoms with Gasteiger partial charge in [-0.25, -0.2) is 14.4 Å². The molecule has 0 saturated carbocycles. The van der Waals surface area contributed by atoms with Crippen LogP contribution in [0.3, 0.4) is 0 Å². The molecule has 156 valence electrons. The second-order valence-corrected chi connectivity index (χ2v) is 8.11. The highest BCUT2D eigenvalue weighted by molar-refractivity contribution is 6.42. The summed E-state index contributed by atoms with van der Waals surface area (Å²) < 4.78 is 13.6. The van der Waals surface area contributed by atoms with Crippen molar-refractivity contribution in [3.05, 3.63) is 94.2 Å². The van der Waals surface area contributed by atoms with Crippen molar-refractivity contribution in [2.45, 2.75) is 12.1 Å². The van der Waals surface area contributed by atoms with Gasteiger partial charge in [-0.15, -0.1) is 0 Å². The van der Waals surface area contributed by atoms with Crippen LogP contribution in [0.5, 0.6) is 0 Å². The highest BCUT2D eigenvalue weighted by Crippen LogP contribution is 2.49. The minimum atomic E-state index is -1.06. The third-order valence-corrected chi connectivity index (χ3v) is 6.11. The summed E-state index contributed by atoms with van der Waals surface area (Å²) in [5.41, 5.74) is 1.46. The number of fused-ring (bicyclic) bond motifs is 1. The van der Waals surface area contributed by atoms with Crippen LogP contribution in [-0.4, -0.2) is 17.9 Å². The molecular formula is C23H15Cl2FN2O3. The average Bonchev–Trinajstić information content (AvgIpc) is 3.27. The van der Waals surface area contributed by atoms with Gasteiger partial charge in [0.1, 0.15) is 11.7 Å². The molecule has 0 unspecified atom stereocenters. The zero-order valence-electron chi connectivity index (χ0n) is 15.9. The van der Waals surface area contributed by atoms with Crippen molar-refractivity contribution in [2.24, 2.45) is 5.92 Å². The van der Waals surface area contributed by atoms with E-state index in [1.54, 1.807) is 35.4 Å². The number of carbonyl (C=O) groups excluding carboxylic acids is 2. The summed E-state index contributed by atoms with van der Waals surface area (Å²) in [5, 5.41) is 1.92. The largest absolute Gasteiger partial charge is 0.273 e. The smallest absolute Gasteiger partial charge is 0.266 e. The zero-order chi connectivity index (χ0) is 21.7. The van der Waals surface area contributed by atoms with Gasteiger partial charge in [-0.2, -0.15) is 0 Å². The number of carbonyl (C=O) groups is 2. The number of rotatable bonds is 3. The highest BCUT2D eigenvalue weighted by atomic mass is 35.5. The zero-order valence-corrected chi connectivity index (χ0v) is 17.4.